The number of halogens is 1. The Bertz CT molecular complexity index is 1560. The van der Waals surface area contributed by atoms with Crippen molar-refractivity contribution in [1.82, 2.24) is 19.9 Å². The van der Waals surface area contributed by atoms with E-state index in [0.29, 0.717) is 59.1 Å². The second-order valence-electron chi connectivity index (χ2n) is 9.77. The molecule has 1 fully saturated rings. The summed E-state index contributed by atoms with van der Waals surface area (Å²) in [5.74, 6) is 0.455. The molecule has 8 nitrogen and oxygen atoms in total. The molecule has 36 heavy (non-hydrogen) atoms. The summed E-state index contributed by atoms with van der Waals surface area (Å²) in [5.41, 5.74) is 13.1. The molecule has 2 atom stereocenters. The third-order valence-corrected chi connectivity index (χ3v) is 7.86. The summed E-state index contributed by atoms with van der Waals surface area (Å²) in [5, 5.41) is 7.10. The summed E-state index contributed by atoms with van der Waals surface area (Å²) in [4.78, 5) is 16.0. The third kappa shape index (κ3) is 3.05. The predicted molar refractivity (Wildman–Crippen MR) is 138 cm³/mol. The molecule has 0 saturated carbocycles. The Morgan fingerprint density at radius 2 is 1.94 bits per heavy atom. The Kier molecular flexibility index (Phi) is 4.59. The minimum absolute atomic E-state index is 0.0203. The number of aromatic nitrogens is 3. The van der Waals surface area contributed by atoms with Gasteiger partial charge in [-0.2, -0.15) is 0 Å². The van der Waals surface area contributed by atoms with E-state index in [1.807, 2.05) is 6.92 Å². The second-order valence-corrected chi connectivity index (χ2v) is 9.77. The molecule has 0 amide bonds. The highest BCUT2D eigenvalue weighted by Gasteiger charge is 2.41. The number of rotatable bonds is 3. The summed E-state index contributed by atoms with van der Waals surface area (Å²) >= 11 is 0. The van der Waals surface area contributed by atoms with Gasteiger partial charge in [0.15, 0.2) is 5.82 Å². The van der Waals surface area contributed by atoms with Crippen LogP contribution in [0, 0.1) is 12.7 Å². The monoisotopic (exact) mass is 483 g/mol. The molecule has 0 radical (unpaired) electrons. The normalized spacial score (nSPS) is 20.1. The average Bonchev–Trinajstić information content (AvgIpc) is 3.39. The fraction of sp³-hybridized carbons (Fsp3) is 0.296. The number of hydrogen-bond acceptors (Lipinski definition) is 8. The quantitative estimate of drug-likeness (QED) is 0.347. The van der Waals surface area contributed by atoms with Crippen molar-refractivity contribution in [2.24, 2.45) is 0 Å². The Hall–Kier alpha value is -3.98. The lowest BCUT2D eigenvalue weighted by molar-refractivity contribution is 0.280. The summed E-state index contributed by atoms with van der Waals surface area (Å²) < 4.78 is 21.0. The first-order valence-electron chi connectivity index (χ1n) is 12.2. The van der Waals surface area contributed by atoms with E-state index >= 15 is 4.39 Å². The molecule has 9 heteroatoms. The number of nitrogens with zero attached hydrogens (tertiary/aromatic N) is 4. The van der Waals surface area contributed by atoms with Crippen LogP contribution < -0.4 is 21.1 Å². The Balaban J connectivity index is 1.27. The zero-order chi connectivity index (χ0) is 24.6. The first-order valence-corrected chi connectivity index (χ1v) is 12.2. The van der Waals surface area contributed by atoms with Crippen molar-refractivity contribution in [3.05, 3.63) is 59.2 Å². The highest BCUT2D eigenvalue weighted by atomic mass is 19.1. The molecule has 4 aromatic rings. The van der Waals surface area contributed by atoms with Crippen molar-refractivity contribution in [2.75, 3.05) is 36.6 Å². The third-order valence-electron chi connectivity index (χ3n) is 7.86. The molecule has 3 aliphatic rings. The van der Waals surface area contributed by atoms with Gasteiger partial charge in [0, 0.05) is 53.2 Å². The van der Waals surface area contributed by atoms with Crippen LogP contribution in [-0.2, 0) is 0 Å². The van der Waals surface area contributed by atoms with Crippen LogP contribution in [0.4, 0.5) is 27.4 Å². The van der Waals surface area contributed by atoms with Gasteiger partial charge in [0.2, 0.25) is 11.8 Å². The molecule has 3 aliphatic heterocycles. The predicted octanol–water partition coefficient (Wildman–Crippen LogP) is 5.09. The van der Waals surface area contributed by atoms with E-state index < -0.39 is 5.82 Å². The van der Waals surface area contributed by atoms with E-state index in [2.05, 4.69) is 50.7 Å². The fourth-order valence-electron chi connectivity index (χ4n) is 5.99. The molecule has 1 saturated heterocycles. The van der Waals surface area contributed by atoms with Gasteiger partial charge in [0.05, 0.1) is 11.2 Å². The SMILES string of the molecule is Cc1c(-c2cc3nc(Nc4ccc5c(c4)C4CCC5N4C)ncc3c(N)c2F)cnc2c1NCCO2. The van der Waals surface area contributed by atoms with Crippen LogP contribution in [0.5, 0.6) is 5.88 Å². The van der Waals surface area contributed by atoms with Crippen LogP contribution in [0.3, 0.4) is 0 Å². The van der Waals surface area contributed by atoms with Crippen LogP contribution in [0.2, 0.25) is 0 Å². The maximum Gasteiger partial charge on any atom is 0.237 e. The van der Waals surface area contributed by atoms with Crippen molar-refractivity contribution >= 4 is 33.9 Å². The maximum absolute atomic E-state index is 15.4. The van der Waals surface area contributed by atoms with Crippen molar-refractivity contribution < 1.29 is 9.13 Å². The molecule has 7 rings (SSSR count). The molecule has 5 heterocycles. The zero-order valence-electron chi connectivity index (χ0n) is 20.1. The van der Waals surface area contributed by atoms with Gasteiger partial charge in [-0.3, -0.25) is 4.90 Å². The summed E-state index contributed by atoms with van der Waals surface area (Å²) in [6.07, 6.45) is 5.61. The smallest absolute Gasteiger partial charge is 0.237 e. The van der Waals surface area contributed by atoms with Crippen LogP contribution >= 0.6 is 0 Å². The standard InChI is InChI=1S/C27H26FN7O/c1-13-18(11-31-26-25(13)30-7-8-36-26)17-10-20-19(24(29)23(17)28)12-32-27(34-20)33-14-3-4-15-16(9-14)22-6-5-21(15)35(22)2/h3-4,9-12,21-22,30H,5-8,29H2,1-2H3,(H,32,33,34). The molecule has 2 aromatic heterocycles. The van der Waals surface area contributed by atoms with Gasteiger partial charge in [-0.15, -0.1) is 0 Å². The number of anilines is 4. The average molecular weight is 484 g/mol. The Labute approximate surface area is 207 Å². The lowest BCUT2D eigenvalue weighted by Crippen LogP contribution is -2.20. The van der Waals surface area contributed by atoms with Crippen LogP contribution in [0.1, 0.15) is 41.6 Å². The van der Waals surface area contributed by atoms with Gasteiger partial charge in [0.25, 0.3) is 0 Å². The number of ether oxygens (including phenoxy) is 1. The fourth-order valence-corrected chi connectivity index (χ4v) is 5.99. The lowest BCUT2D eigenvalue weighted by Gasteiger charge is -2.22. The lowest BCUT2D eigenvalue weighted by atomic mass is 9.91. The van der Waals surface area contributed by atoms with E-state index in [0.717, 1.165) is 16.9 Å². The van der Waals surface area contributed by atoms with E-state index in [1.165, 1.54) is 24.0 Å². The van der Waals surface area contributed by atoms with Crippen molar-refractivity contribution in [3.63, 3.8) is 0 Å². The minimum atomic E-state index is -0.508. The van der Waals surface area contributed by atoms with Crippen LogP contribution in [0.15, 0.2) is 36.7 Å². The van der Waals surface area contributed by atoms with Gasteiger partial charge >= 0.3 is 0 Å². The largest absolute Gasteiger partial charge is 0.474 e. The number of nitrogens with one attached hydrogen (secondary N) is 2. The van der Waals surface area contributed by atoms with Crippen molar-refractivity contribution in [1.29, 1.82) is 0 Å². The zero-order valence-corrected chi connectivity index (χ0v) is 20.1. The van der Waals surface area contributed by atoms with Gasteiger partial charge in [-0.1, -0.05) is 6.07 Å². The summed E-state index contributed by atoms with van der Waals surface area (Å²) in [6, 6.07) is 9.19. The number of fused-ring (bicyclic) bond motifs is 7. The molecular weight excluding hydrogens is 457 g/mol. The topological polar surface area (TPSA) is 101 Å². The Morgan fingerprint density at radius 3 is 2.81 bits per heavy atom. The summed E-state index contributed by atoms with van der Waals surface area (Å²) in [7, 11) is 2.20. The second kappa shape index (κ2) is 7.76. The molecule has 0 spiro atoms. The first-order chi connectivity index (χ1) is 17.5. The van der Waals surface area contributed by atoms with Gasteiger partial charge in [0.1, 0.15) is 12.3 Å². The van der Waals surface area contributed by atoms with Gasteiger partial charge in [-0.25, -0.2) is 19.3 Å². The van der Waals surface area contributed by atoms with Crippen molar-refractivity contribution in [2.45, 2.75) is 31.8 Å². The molecule has 182 valence electrons. The van der Waals surface area contributed by atoms with E-state index in [1.54, 1.807) is 18.5 Å². The maximum atomic E-state index is 15.4. The van der Waals surface area contributed by atoms with E-state index in [4.69, 9.17) is 15.5 Å². The molecule has 2 unspecified atom stereocenters. The number of benzene rings is 2. The number of nitrogen functional groups attached to an aromatic ring is 1. The van der Waals surface area contributed by atoms with Crippen LogP contribution in [-0.4, -0.2) is 40.1 Å². The molecule has 2 aromatic carbocycles. The van der Waals surface area contributed by atoms with E-state index in [-0.39, 0.29) is 5.69 Å². The van der Waals surface area contributed by atoms with Gasteiger partial charge in [-0.05, 0) is 61.7 Å². The van der Waals surface area contributed by atoms with E-state index in [9.17, 15) is 0 Å². The number of hydrogen-bond donors (Lipinski definition) is 3. The molecular formula is C27H26FN7O. The van der Waals surface area contributed by atoms with Crippen molar-refractivity contribution in [3.8, 4) is 17.0 Å². The molecule has 2 bridgehead atoms. The van der Waals surface area contributed by atoms with Crippen LogP contribution in [0.25, 0.3) is 22.0 Å². The molecule has 0 aliphatic carbocycles. The first kappa shape index (κ1) is 21.3. The number of pyridine rings is 1. The minimum Gasteiger partial charge on any atom is -0.474 e. The number of nitrogens with two attached hydrogens (primary N) is 1. The highest BCUT2D eigenvalue weighted by molar-refractivity contribution is 5.96. The summed E-state index contributed by atoms with van der Waals surface area (Å²) in [6.45, 7) is 3.14. The Morgan fingerprint density at radius 1 is 1.11 bits per heavy atom. The highest BCUT2D eigenvalue weighted by Crippen LogP contribution is 2.52. The molecule has 4 N–H and O–H groups in total. The van der Waals surface area contributed by atoms with Gasteiger partial charge < -0.3 is 21.1 Å².